The molecule has 0 aliphatic heterocycles. The van der Waals surface area contributed by atoms with Crippen molar-refractivity contribution in [3.8, 4) is 0 Å². The third-order valence-electron chi connectivity index (χ3n) is 2.16. The van der Waals surface area contributed by atoms with Gasteiger partial charge >= 0.3 is 7.60 Å². The lowest BCUT2D eigenvalue weighted by molar-refractivity contribution is -0.116. The molecule has 0 saturated carbocycles. The molecule has 0 bridgehead atoms. The molecule has 2 N–H and O–H groups in total. The summed E-state index contributed by atoms with van der Waals surface area (Å²) in [7, 11) is -4.20. The van der Waals surface area contributed by atoms with E-state index in [-0.39, 0.29) is 6.42 Å². The Morgan fingerprint density at radius 1 is 1.38 bits per heavy atom. The lowest BCUT2D eigenvalue weighted by Crippen LogP contribution is -2.06. The first-order valence-corrected chi connectivity index (χ1v) is 6.78. The quantitative estimate of drug-likeness (QED) is 0.770. The SMILES string of the molecule is Cc1cccc(CCC(=O)CP(=O)(O)O)c1. The first-order valence-electron chi connectivity index (χ1n) is 4.98. The largest absolute Gasteiger partial charge is 0.332 e. The number of carbonyl (C=O) groups is 1. The van der Waals surface area contributed by atoms with Crippen LogP contribution in [-0.4, -0.2) is 21.7 Å². The Balaban J connectivity index is 2.46. The van der Waals surface area contributed by atoms with Gasteiger partial charge in [-0.15, -0.1) is 0 Å². The molecule has 1 rings (SSSR count). The Morgan fingerprint density at radius 3 is 2.62 bits per heavy atom. The first kappa shape index (κ1) is 13.1. The maximum Gasteiger partial charge on any atom is 0.332 e. The second-order valence-corrected chi connectivity index (χ2v) is 5.50. The third kappa shape index (κ3) is 5.21. The Labute approximate surface area is 94.5 Å². The summed E-state index contributed by atoms with van der Waals surface area (Å²) in [4.78, 5) is 28.5. The summed E-state index contributed by atoms with van der Waals surface area (Å²) in [5, 5.41) is 0. The van der Waals surface area contributed by atoms with Crippen molar-refractivity contribution in [1.29, 1.82) is 0 Å². The molecule has 0 spiro atoms. The molecule has 1 aromatic rings. The first-order chi connectivity index (χ1) is 7.37. The van der Waals surface area contributed by atoms with Gasteiger partial charge in [-0.25, -0.2) is 0 Å². The van der Waals surface area contributed by atoms with Gasteiger partial charge in [-0.1, -0.05) is 29.8 Å². The molecule has 0 atom stereocenters. The van der Waals surface area contributed by atoms with E-state index in [2.05, 4.69) is 0 Å². The van der Waals surface area contributed by atoms with Crippen molar-refractivity contribution in [1.82, 2.24) is 0 Å². The van der Waals surface area contributed by atoms with E-state index in [4.69, 9.17) is 9.79 Å². The van der Waals surface area contributed by atoms with Crippen LogP contribution in [0.25, 0.3) is 0 Å². The number of hydrogen-bond donors (Lipinski definition) is 2. The summed E-state index contributed by atoms with van der Waals surface area (Å²) in [5.41, 5.74) is 2.12. The van der Waals surface area contributed by atoms with Crippen LogP contribution in [0.4, 0.5) is 0 Å². The molecule has 0 radical (unpaired) electrons. The van der Waals surface area contributed by atoms with Gasteiger partial charge in [-0.05, 0) is 18.9 Å². The van der Waals surface area contributed by atoms with Gasteiger partial charge in [0.25, 0.3) is 0 Å². The normalized spacial score (nSPS) is 11.4. The molecule has 0 amide bonds. The summed E-state index contributed by atoms with van der Waals surface area (Å²) in [6, 6.07) is 7.72. The minimum Gasteiger partial charge on any atom is -0.324 e. The average molecular weight is 242 g/mol. The van der Waals surface area contributed by atoms with E-state index in [0.717, 1.165) is 11.1 Å². The predicted octanol–water partition coefficient (Wildman–Crippen LogP) is 1.67. The van der Waals surface area contributed by atoms with Crippen LogP contribution < -0.4 is 0 Å². The van der Waals surface area contributed by atoms with Gasteiger partial charge in [-0.3, -0.25) is 9.36 Å². The fourth-order valence-electron chi connectivity index (χ4n) is 1.46. The standard InChI is InChI=1S/C11H15O4P/c1-9-3-2-4-10(7-9)5-6-11(12)8-16(13,14)15/h2-4,7H,5-6,8H2,1H3,(H2,13,14,15). The predicted molar refractivity (Wildman–Crippen MR) is 61.4 cm³/mol. The van der Waals surface area contributed by atoms with Crippen molar-refractivity contribution in [3.63, 3.8) is 0 Å². The summed E-state index contributed by atoms with van der Waals surface area (Å²) in [6.45, 7) is 1.96. The van der Waals surface area contributed by atoms with Gasteiger partial charge in [-0.2, -0.15) is 0 Å². The van der Waals surface area contributed by atoms with Crippen LogP contribution >= 0.6 is 7.60 Å². The summed E-state index contributed by atoms with van der Waals surface area (Å²) >= 11 is 0. The second-order valence-electron chi connectivity index (χ2n) is 3.85. The number of Topliss-reactive ketones (excluding diaryl/α,β-unsaturated/α-hetero) is 1. The fraction of sp³-hybridized carbons (Fsp3) is 0.364. The van der Waals surface area contributed by atoms with Crippen molar-refractivity contribution >= 4 is 13.4 Å². The van der Waals surface area contributed by atoms with Gasteiger partial charge < -0.3 is 9.79 Å². The zero-order chi connectivity index (χ0) is 12.2. The number of hydrogen-bond acceptors (Lipinski definition) is 2. The summed E-state index contributed by atoms with van der Waals surface area (Å²) in [5.74, 6) is -0.394. The highest BCUT2D eigenvalue weighted by Gasteiger charge is 2.18. The molecule has 88 valence electrons. The van der Waals surface area contributed by atoms with E-state index in [1.807, 2.05) is 31.2 Å². The smallest absolute Gasteiger partial charge is 0.324 e. The molecular formula is C11H15O4P. The number of aryl methyl sites for hydroxylation is 2. The molecule has 0 heterocycles. The van der Waals surface area contributed by atoms with E-state index in [1.54, 1.807) is 0 Å². The van der Waals surface area contributed by atoms with E-state index >= 15 is 0 Å². The molecule has 0 fully saturated rings. The van der Waals surface area contributed by atoms with E-state index in [9.17, 15) is 9.36 Å². The lowest BCUT2D eigenvalue weighted by atomic mass is 10.1. The third-order valence-corrected chi connectivity index (χ3v) is 2.92. The summed E-state index contributed by atoms with van der Waals surface area (Å²) < 4.78 is 10.6. The molecule has 1 aromatic carbocycles. The number of rotatable bonds is 5. The monoisotopic (exact) mass is 242 g/mol. The van der Waals surface area contributed by atoms with Crippen LogP contribution in [0.5, 0.6) is 0 Å². The van der Waals surface area contributed by atoms with Crippen molar-refractivity contribution in [2.45, 2.75) is 19.8 Å². The fourth-order valence-corrected chi connectivity index (χ4v) is 2.08. The van der Waals surface area contributed by atoms with Crippen LogP contribution in [0.1, 0.15) is 17.5 Å². The van der Waals surface area contributed by atoms with Crippen molar-refractivity contribution in [2.24, 2.45) is 0 Å². The Morgan fingerprint density at radius 2 is 2.06 bits per heavy atom. The number of carbonyl (C=O) groups excluding carboxylic acids is 1. The van der Waals surface area contributed by atoms with E-state index in [1.165, 1.54) is 0 Å². The van der Waals surface area contributed by atoms with Crippen LogP contribution in [0.15, 0.2) is 24.3 Å². The molecule has 0 aromatic heterocycles. The molecule has 5 heteroatoms. The minimum absolute atomic E-state index is 0.175. The van der Waals surface area contributed by atoms with Crippen LogP contribution in [0.3, 0.4) is 0 Å². The molecule has 4 nitrogen and oxygen atoms in total. The van der Waals surface area contributed by atoms with Gasteiger partial charge in [0.2, 0.25) is 0 Å². The molecule has 0 aliphatic carbocycles. The van der Waals surface area contributed by atoms with Crippen molar-refractivity contribution < 1.29 is 19.1 Å². The zero-order valence-electron chi connectivity index (χ0n) is 9.09. The van der Waals surface area contributed by atoms with Gasteiger partial charge in [0, 0.05) is 6.42 Å². The minimum atomic E-state index is -4.20. The van der Waals surface area contributed by atoms with Gasteiger partial charge in [0.05, 0.1) is 0 Å². The average Bonchev–Trinajstić information content (AvgIpc) is 2.12. The van der Waals surface area contributed by atoms with Crippen molar-refractivity contribution in [2.75, 3.05) is 6.16 Å². The maximum atomic E-state index is 11.2. The molecule has 16 heavy (non-hydrogen) atoms. The van der Waals surface area contributed by atoms with Crippen LogP contribution in [-0.2, 0) is 15.8 Å². The highest BCUT2D eigenvalue weighted by Crippen LogP contribution is 2.34. The Kier molecular flexibility index (Phi) is 4.42. The maximum absolute atomic E-state index is 11.2. The van der Waals surface area contributed by atoms with E-state index in [0.29, 0.717) is 6.42 Å². The molecule has 0 unspecified atom stereocenters. The van der Waals surface area contributed by atoms with Gasteiger partial charge in [0.1, 0.15) is 11.9 Å². The highest BCUT2D eigenvalue weighted by molar-refractivity contribution is 7.52. The number of benzene rings is 1. The Bertz CT molecular complexity index is 422. The topological polar surface area (TPSA) is 74.6 Å². The second kappa shape index (κ2) is 5.39. The van der Waals surface area contributed by atoms with Crippen molar-refractivity contribution in [3.05, 3.63) is 35.4 Å². The summed E-state index contributed by atoms with van der Waals surface area (Å²) in [6.07, 6.45) is 0.0495. The van der Waals surface area contributed by atoms with Crippen LogP contribution in [0.2, 0.25) is 0 Å². The zero-order valence-corrected chi connectivity index (χ0v) is 9.98. The molecular weight excluding hydrogens is 227 g/mol. The Hall–Kier alpha value is -0.960. The highest BCUT2D eigenvalue weighted by atomic mass is 31.2. The lowest BCUT2D eigenvalue weighted by Gasteiger charge is -2.04. The molecule has 0 saturated heterocycles. The van der Waals surface area contributed by atoms with E-state index < -0.39 is 19.5 Å². The number of ketones is 1. The van der Waals surface area contributed by atoms with Gasteiger partial charge in [0.15, 0.2) is 0 Å². The van der Waals surface area contributed by atoms with Crippen LogP contribution in [0, 0.1) is 6.92 Å². The molecule has 0 aliphatic rings.